The Morgan fingerprint density at radius 2 is 2.35 bits per heavy atom. The molecule has 1 atom stereocenters. The average molecular weight is 257 g/mol. The molecular formula is C10H15N3O3S. The van der Waals surface area contributed by atoms with Crippen LogP contribution in [-0.4, -0.2) is 32.3 Å². The molecule has 7 heteroatoms. The molecule has 1 heterocycles. The first-order valence-electron chi connectivity index (χ1n) is 5.04. The van der Waals surface area contributed by atoms with Crippen LogP contribution in [0.15, 0.2) is 16.0 Å². The van der Waals surface area contributed by atoms with Crippen LogP contribution >= 0.6 is 11.8 Å². The van der Waals surface area contributed by atoms with Gasteiger partial charge in [0.15, 0.2) is 5.16 Å². The van der Waals surface area contributed by atoms with Gasteiger partial charge < -0.3 is 15.8 Å². The number of carboxylic acid groups (broad SMARTS) is 1. The molecule has 1 rings (SSSR count). The Kier molecular flexibility index (Phi) is 4.30. The Bertz CT molecular complexity index is 470. The van der Waals surface area contributed by atoms with E-state index in [-0.39, 0.29) is 5.56 Å². The molecule has 0 saturated heterocycles. The molecule has 0 amide bonds. The number of nitrogens with zero attached hydrogens (tertiary/aromatic N) is 1. The fourth-order valence-corrected chi connectivity index (χ4v) is 2.19. The van der Waals surface area contributed by atoms with Crippen LogP contribution < -0.4 is 11.3 Å². The van der Waals surface area contributed by atoms with Gasteiger partial charge in [0.25, 0.3) is 5.56 Å². The molecule has 0 spiro atoms. The standard InChI is InChI=1S/C10H15N3O3S/c1-6-5-7(14)13-9(12-6)17-4-3-10(2,11)8(15)16/h5H,3-4,11H2,1-2H3,(H,15,16)(H,12,13,14). The van der Waals surface area contributed by atoms with Crippen LogP contribution in [0.2, 0.25) is 0 Å². The van der Waals surface area contributed by atoms with Crippen molar-refractivity contribution in [3.8, 4) is 0 Å². The first kappa shape index (κ1) is 13.7. The highest BCUT2D eigenvalue weighted by molar-refractivity contribution is 7.99. The molecule has 6 nitrogen and oxygen atoms in total. The number of nitrogens with two attached hydrogens (primary N) is 1. The molecule has 17 heavy (non-hydrogen) atoms. The van der Waals surface area contributed by atoms with Crippen LogP contribution in [0.4, 0.5) is 0 Å². The summed E-state index contributed by atoms with van der Waals surface area (Å²) in [5.74, 6) is -0.560. The number of carboxylic acids is 1. The fraction of sp³-hybridized carbons (Fsp3) is 0.500. The molecule has 0 aliphatic heterocycles. The summed E-state index contributed by atoms with van der Waals surface area (Å²) < 4.78 is 0. The summed E-state index contributed by atoms with van der Waals surface area (Å²) in [5, 5.41) is 9.30. The van der Waals surface area contributed by atoms with E-state index in [0.717, 1.165) is 0 Å². The quantitative estimate of drug-likeness (QED) is 0.519. The van der Waals surface area contributed by atoms with Crippen molar-refractivity contribution in [2.45, 2.75) is 31.0 Å². The molecule has 0 bridgehead atoms. The molecule has 0 fully saturated rings. The van der Waals surface area contributed by atoms with Gasteiger partial charge in [-0.1, -0.05) is 11.8 Å². The van der Waals surface area contributed by atoms with Gasteiger partial charge in [0.2, 0.25) is 0 Å². The SMILES string of the molecule is Cc1cc(=O)[nH]c(SCCC(C)(N)C(=O)O)n1. The zero-order valence-corrected chi connectivity index (χ0v) is 10.5. The summed E-state index contributed by atoms with van der Waals surface area (Å²) >= 11 is 1.28. The maximum absolute atomic E-state index is 11.2. The van der Waals surface area contributed by atoms with Crippen molar-refractivity contribution < 1.29 is 9.90 Å². The van der Waals surface area contributed by atoms with Gasteiger partial charge in [0.05, 0.1) is 0 Å². The van der Waals surface area contributed by atoms with Crippen molar-refractivity contribution in [2.24, 2.45) is 5.73 Å². The summed E-state index contributed by atoms with van der Waals surface area (Å²) in [5.41, 5.74) is 4.74. The van der Waals surface area contributed by atoms with Crippen LogP contribution in [0.5, 0.6) is 0 Å². The van der Waals surface area contributed by atoms with E-state index in [9.17, 15) is 9.59 Å². The number of hydrogen-bond acceptors (Lipinski definition) is 5. The number of aromatic amines is 1. The van der Waals surface area contributed by atoms with Crippen molar-refractivity contribution in [1.29, 1.82) is 0 Å². The monoisotopic (exact) mass is 257 g/mol. The molecule has 4 N–H and O–H groups in total. The third-order valence-corrected chi connectivity index (χ3v) is 3.07. The number of nitrogens with one attached hydrogen (secondary N) is 1. The Labute approximate surface area is 103 Å². The van der Waals surface area contributed by atoms with Gasteiger partial charge in [-0.3, -0.25) is 9.59 Å². The topological polar surface area (TPSA) is 109 Å². The molecule has 1 aromatic heterocycles. The van der Waals surface area contributed by atoms with Gasteiger partial charge in [-0.15, -0.1) is 0 Å². The van der Waals surface area contributed by atoms with Gasteiger partial charge in [0, 0.05) is 17.5 Å². The highest BCUT2D eigenvalue weighted by Crippen LogP contribution is 2.16. The molecule has 0 aliphatic rings. The van der Waals surface area contributed by atoms with Crippen molar-refractivity contribution in [3.63, 3.8) is 0 Å². The van der Waals surface area contributed by atoms with Crippen molar-refractivity contribution in [2.75, 3.05) is 5.75 Å². The van der Waals surface area contributed by atoms with Crippen LogP contribution in [0, 0.1) is 6.92 Å². The van der Waals surface area contributed by atoms with Crippen LogP contribution in [-0.2, 0) is 4.79 Å². The second-order valence-electron chi connectivity index (χ2n) is 4.01. The van der Waals surface area contributed by atoms with E-state index in [0.29, 0.717) is 23.0 Å². The van der Waals surface area contributed by atoms with E-state index in [1.165, 1.54) is 24.8 Å². The molecule has 0 saturated carbocycles. The number of aromatic nitrogens is 2. The minimum Gasteiger partial charge on any atom is -0.480 e. The van der Waals surface area contributed by atoms with Crippen LogP contribution in [0.3, 0.4) is 0 Å². The second-order valence-corrected chi connectivity index (χ2v) is 5.10. The molecule has 0 radical (unpaired) electrons. The third kappa shape index (κ3) is 4.20. The zero-order valence-electron chi connectivity index (χ0n) is 9.69. The normalized spacial score (nSPS) is 14.3. The molecule has 0 aliphatic carbocycles. The third-order valence-electron chi connectivity index (χ3n) is 2.20. The van der Waals surface area contributed by atoms with Crippen LogP contribution in [0.1, 0.15) is 19.0 Å². The lowest BCUT2D eigenvalue weighted by molar-refractivity contribution is -0.142. The molecule has 1 unspecified atom stereocenters. The molecular weight excluding hydrogens is 242 g/mol. The lowest BCUT2D eigenvalue weighted by Crippen LogP contribution is -2.45. The smallest absolute Gasteiger partial charge is 0.323 e. The van der Waals surface area contributed by atoms with Gasteiger partial charge >= 0.3 is 5.97 Å². The summed E-state index contributed by atoms with van der Waals surface area (Å²) in [7, 11) is 0. The molecule has 94 valence electrons. The van der Waals surface area contributed by atoms with Gasteiger partial charge in [-0.2, -0.15) is 0 Å². The first-order chi connectivity index (χ1) is 7.81. The molecule has 0 aromatic carbocycles. The number of hydrogen-bond donors (Lipinski definition) is 3. The number of H-pyrrole nitrogens is 1. The maximum Gasteiger partial charge on any atom is 0.323 e. The Balaban J connectivity index is 2.57. The summed E-state index contributed by atoms with van der Waals surface area (Å²) in [6.07, 6.45) is 0.296. The number of carbonyl (C=O) groups is 1. The minimum absolute atomic E-state index is 0.214. The predicted octanol–water partition coefficient (Wildman–Crippen LogP) is 0.363. The van der Waals surface area contributed by atoms with E-state index in [1.54, 1.807) is 6.92 Å². The van der Waals surface area contributed by atoms with Gasteiger partial charge in [-0.05, 0) is 20.3 Å². The Morgan fingerprint density at radius 1 is 1.71 bits per heavy atom. The Morgan fingerprint density at radius 3 is 2.88 bits per heavy atom. The largest absolute Gasteiger partial charge is 0.480 e. The molecule has 1 aromatic rings. The zero-order chi connectivity index (χ0) is 13.1. The van der Waals surface area contributed by atoms with E-state index >= 15 is 0 Å². The second kappa shape index (κ2) is 5.33. The van der Waals surface area contributed by atoms with Crippen molar-refractivity contribution >= 4 is 17.7 Å². The van der Waals surface area contributed by atoms with Crippen LogP contribution in [0.25, 0.3) is 0 Å². The number of aryl methyl sites for hydroxylation is 1. The van der Waals surface area contributed by atoms with E-state index < -0.39 is 11.5 Å². The average Bonchev–Trinajstić information content (AvgIpc) is 2.15. The summed E-state index contributed by atoms with van der Waals surface area (Å²) in [6, 6.07) is 1.40. The highest BCUT2D eigenvalue weighted by atomic mass is 32.2. The number of rotatable bonds is 5. The van der Waals surface area contributed by atoms with E-state index in [4.69, 9.17) is 10.8 Å². The number of thioether (sulfide) groups is 1. The van der Waals surface area contributed by atoms with Crippen molar-refractivity contribution in [1.82, 2.24) is 9.97 Å². The maximum atomic E-state index is 11.2. The summed E-state index contributed by atoms with van der Waals surface area (Å²) in [4.78, 5) is 28.6. The lowest BCUT2D eigenvalue weighted by atomic mass is 10.0. The van der Waals surface area contributed by atoms with Gasteiger partial charge in [-0.25, -0.2) is 4.98 Å². The fourth-order valence-electron chi connectivity index (χ4n) is 1.09. The van der Waals surface area contributed by atoms with Crippen molar-refractivity contribution in [3.05, 3.63) is 22.1 Å². The minimum atomic E-state index is -1.25. The highest BCUT2D eigenvalue weighted by Gasteiger charge is 2.27. The summed E-state index contributed by atoms with van der Waals surface area (Å²) in [6.45, 7) is 3.19. The van der Waals surface area contributed by atoms with E-state index in [1.807, 2.05) is 0 Å². The van der Waals surface area contributed by atoms with E-state index in [2.05, 4.69) is 9.97 Å². The lowest BCUT2D eigenvalue weighted by Gasteiger charge is -2.18. The predicted molar refractivity (Wildman–Crippen MR) is 65.2 cm³/mol. The number of aliphatic carboxylic acids is 1. The Hall–Kier alpha value is -1.34. The first-order valence-corrected chi connectivity index (χ1v) is 6.03. The van der Waals surface area contributed by atoms with Gasteiger partial charge in [0.1, 0.15) is 5.54 Å².